The lowest BCUT2D eigenvalue weighted by atomic mass is 9.88. The molecular weight excluding hydrogens is 252 g/mol. The highest BCUT2D eigenvalue weighted by molar-refractivity contribution is 5.62. The predicted molar refractivity (Wildman–Crippen MR) is 68.7 cm³/mol. The van der Waals surface area contributed by atoms with Crippen molar-refractivity contribution in [2.24, 2.45) is 5.92 Å². The van der Waals surface area contributed by atoms with E-state index in [9.17, 15) is 9.59 Å². The van der Waals surface area contributed by atoms with Gasteiger partial charge in [-0.1, -0.05) is 39.5 Å². The molecule has 0 saturated carbocycles. The van der Waals surface area contributed by atoms with Crippen molar-refractivity contribution in [1.82, 2.24) is 0 Å². The largest absolute Gasteiger partial charge is 0.550 e. The first-order valence-electron chi connectivity index (χ1n) is 6.61. The lowest BCUT2D eigenvalue weighted by molar-refractivity contribution is -0.222. The van der Waals surface area contributed by atoms with Crippen LogP contribution in [0.4, 0.5) is 9.59 Å². The van der Waals surface area contributed by atoms with Gasteiger partial charge in [-0.15, -0.1) is 0 Å². The lowest BCUT2D eigenvalue weighted by Crippen LogP contribution is -2.31. The molecule has 0 aromatic rings. The molecule has 0 saturated heterocycles. The molecule has 1 unspecified atom stereocenters. The fourth-order valence-electron chi connectivity index (χ4n) is 1.99. The highest BCUT2D eigenvalue weighted by Crippen LogP contribution is 2.27. The van der Waals surface area contributed by atoms with Crippen molar-refractivity contribution < 1.29 is 29.2 Å². The molecule has 0 aromatic carbocycles. The van der Waals surface area contributed by atoms with Crippen molar-refractivity contribution in [3.63, 3.8) is 0 Å². The number of carbonyl (C=O) groups is 2. The normalized spacial score (nSPS) is 12.6. The molecule has 112 valence electrons. The monoisotopic (exact) mass is 276 g/mol. The Morgan fingerprint density at radius 1 is 1.21 bits per heavy atom. The lowest BCUT2D eigenvalue weighted by Gasteiger charge is -2.28. The number of carbonyl (C=O) groups excluding carboxylic acids is 1. The predicted octanol–water partition coefficient (Wildman–Crippen LogP) is 4.13. The van der Waals surface area contributed by atoms with E-state index >= 15 is 0 Å². The molecule has 0 radical (unpaired) electrons. The fourth-order valence-corrected chi connectivity index (χ4v) is 1.99. The van der Waals surface area contributed by atoms with Crippen LogP contribution in [-0.2, 0) is 14.5 Å². The van der Waals surface area contributed by atoms with Crippen molar-refractivity contribution >= 4 is 12.3 Å². The molecule has 0 amide bonds. The Kier molecular flexibility index (Phi) is 7.95. The Labute approximate surface area is 114 Å². The maximum atomic E-state index is 11.2. The number of ether oxygens (including phenoxy) is 1. The van der Waals surface area contributed by atoms with E-state index in [4.69, 9.17) is 9.84 Å². The third-order valence-electron chi connectivity index (χ3n) is 2.86. The summed E-state index contributed by atoms with van der Waals surface area (Å²) in [6, 6.07) is 0. The van der Waals surface area contributed by atoms with Crippen LogP contribution in [0.1, 0.15) is 59.8 Å². The van der Waals surface area contributed by atoms with Gasteiger partial charge in [0.15, 0.2) is 0 Å². The average molecular weight is 276 g/mol. The number of hydrogen-bond acceptors (Lipinski definition) is 5. The molecule has 0 heterocycles. The van der Waals surface area contributed by atoms with Gasteiger partial charge in [0.05, 0.1) is 0 Å². The third-order valence-corrected chi connectivity index (χ3v) is 2.86. The summed E-state index contributed by atoms with van der Waals surface area (Å²) in [5.41, 5.74) is -0.715. The SMILES string of the molecule is CCCCC(CC)CC(C)(C)OC(=O)OOC(=O)O. The van der Waals surface area contributed by atoms with Crippen LogP contribution in [0.2, 0.25) is 0 Å². The molecule has 0 spiro atoms. The van der Waals surface area contributed by atoms with Crippen LogP contribution in [0.3, 0.4) is 0 Å². The van der Waals surface area contributed by atoms with Crippen molar-refractivity contribution in [1.29, 1.82) is 0 Å². The number of unbranched alkanes of at least 4 members (excludes halogenated alkanes) is 1. The van der Waals surface area contributed by atoms with Crippen LogP contribution in [0.25, 0.3) is 0 Å². The van der Waals surface area contributed by atoms with Crippen LogP contribution in [-0.4, -0.2) is 23.0 Å². The summed E-state index contributed by atoms with van der Waals surface area (Å²) >= 11 is 0. The fraction of sp³-hybridized carbons (Fsp3) is 0.846. The molecule has 0 rings (SSSR count). The molecule has 6 nitrogen and oxygen atoms in total. The quantitative estimate of drug-likeness (QED) is 0.427. The zero-order chi connectivity index (χ0) is 14.9. The van der Waals surface area contributed by atoms with Crippen molar-refractivity contribution in [2.75, 3.05) is 0 Å². The Hall–Kier alpha value is -1.46. The second-order valence-corrected chi connectivity index (χ2v) is 5.16. The first-order valence-corrected chi connectivity index (χ1v) is 6.61. The highest BCUT2D eigenvalue weighted by atomic mass is 17.3. The number of carboxylic acid groups (broad SMARTS) is 1. The number of rotatable bonds is 7. The molecule has 1 N–H and O–H groups in total. The first-order chi connectivity index (χ1) is 8.80. The summed E-state index contributed by atoms with van der Waals surface area (Å²) < 4.78 is 5.05. The van der Waals surface area contributed by atoms with E-state index in [1.165, 1.54) is 0 Å². The van der Waals surface area contributed by atoms with Gasteiger partial charge >= 0.3 is 12.3 Å². The van der Waals surface area contributed by atoms with E-state index in [2.05, 4.69) is 23.6 Å². The minimum atomic E-state index is -1.69. The van der Waals surface area contributed by atoms with E-state index in [0.29, 0.717) is 12.3 Å². The van der Waals surface area contributed by atoms with E-state index in [1.807, 2.05) is 0 Å². The van der Waals surface area contributed by atoms with Crippen LogP contribution in [0, 0.1) is 5.92 Å². The molecule has 6 heteroatoms. The van der Waals surface area contributed by atoms with E-state index in [-0.39, 0.29) is 0 Å². The Bertz CT molecular complexity index is 287. The summed E-state index contributed by atoms with van der Waals surface area (Å²) in [5, 5.41) is 8.19. The van der Waals surface area contributed by atoms with Gasteiger partial charge in [0.1, 0.15) is 5.60 Å². The van der Waals surface area contributed by atoms with E-state index in [1.54, 1.807) is 13.8 Å². The van der Waals surface area contributed by atoms with Crippen molar-refractivity contribution in [3.05, 3.63) is 0 Å². The minimum absolute atomic E-state index is 0.461. The summed E-state index contributed by atoms with van der Waals surface area (Å²) in [4.78, 5) is 28.9. The highest BCUT2D eigenvalue weighted by Gasteiger charge is 2.28. The van der Waals surface area contributed by atoms with Crippen molar-refractivity contribution in [2.45, 2.75) is 65.4 Å². The van der Waals surface area contributed by atoms with E-state index < -0.39 is 17.9 Å². The molecular formula is C13H24O6. The summed E-state index contributed by atoms with van der Waals surface area (Å²) in [7, 11) is 0. The molecule has 0 aliphatic carbocycles. The molecule has 0 aliphatic rings. The first kappa shape index (κ1) is 17.5. The van der Waals surface area contributed by atoms with Gasteiger partial charge in [0.25, 0.3) is 0 Å². The van der Waals surface area contributed by atoms with Gasteiger partial charge in [-0.3, -0.25) is 0 Å². The van der Waals surface area contributed by atoms with Crippen LogP contribution >= 0.6 is 0 Å². The standard InChI is InChI=1S/C13H24O6/c1-5-7-8-10(6-2)9-13(3,4)17-12(16)19-18-11(14)15/h10H,5-9H2,1-4H3,(H,14,15). The van der Waals surface area contributed by atoms with E-state index in [0.717, 1.165) is 25.7 Å². The zero-order valence-electron chi connectivity index (χ0n) is 12.1. The van der Waals surface area contributed by atoms with Crippen LogP contribution < -0.4 is 0 Å². The Balaban J connectivity index is 4.20. The maximum absolute atomic E-state index is 11.2. The Morgan fingerprint density at radius 2 is 1.84 bits per heavy atom. The van der Waals surface area contributed by atoms with Gasteiger partial charge in [-0.05, 0) is 26.2 Å². The molecule has 0 aliphatic heterocycles. The van der Waals surface area contributed by atoms with Gasteiger partial charge in [0.2, 0.25) is 0 Å². The van der Waals surface area contributed by atoms with Gasteiger partial charge in [0, 0.05) is 0 Å². The van der Waals surface area contributed by atoms with Gasteiger partial charge in [-0.2, -0.15) is 9.68 Å². The topological polar surface area (TPSA) is 82.1 Å². The third kappa shape index (κ3) is 9.16. The smallest absolute Gasteiger partial charge is 0.447 e. The summed E-state index contributed by atoms with van der Waals surface area (Å²) in [6.07, 6.45) is 2.23. The Morgan fingerprint density at radius 3 is 2.32 bits per heavy atom. The molecule has 0 aromatic heterocycles. The van der Waals surface area contributed by atoms with Crippen molar-refractivity contribution in [3.8, 4) is 0 Å². The van der Waals surface area contributed by atoms with Crippen LogP contribution in [0.5, 0.6) is 0 Å². The summed E-state index contributed by atoms with van der Waals surface area (Å²) in [6.45, 7) is 7.77. The number of hydrogen-bond donors (Lipinski definition) is 1. The molecule has 19 heavy (non-hydrogen) atoms. The van der Waals surface area contributed by atoms with Crippen LogP contribution in [0.15, 0.2) is 0 Å². The zero-order valence-corrected chi connectivity index (χ0v) is 12.1. The van der Waals surface area contributed by atoms with Gasteiger partial charge < -0.3 is 9.84 Å². The molecule has 0 fully saturated rings. The molecule has 1 atom stereocenters. The maximum Gasteiger partial charge on any atom is 0.550 e. The second-order valence-electron chi connectivity index (χ2n) is 5.16. The molecule has 0 bridgehead atoms. The van der Waals surface area contributed by atoms with Gasteiger partial charge in [-0.25, -0.2) is 9.68 Å². The minimum Gasteiger partial charge on any atom is -0.447 e. The second kappa shape index (κ2) is 8.61. The summed E-state index contributed by atoms with van der Waals surface area (Å²) in [5.74, 6) is 0.461. The average Bonchev–Trinajstić information content (AvgIpc) is 2.31.